The van der Waals surface area contributed by atoms with Crippen LogP contribution in [-0.4, -0.2) is 52.8 Å². The lowest BCUT2D eigenvalue weighted by Crippen LogP contribution is -2.49. The highest BCUT2D eigenvalue weighted by molar-refractivity contribution is 6.10. The number of hydrogen-bond donors (Lipinski definition) is 3. The van der Waals surface area contributed by atoms with Crippen LogP contribution >= 0.6 is 0 Å². The van der Waals surface area contributed by atoms with Crippen molar-refractivity contribution in [2.24, 2.45) is 5.92 Å². The fraction of sp³-hybridized carbons (Fsp3) is 0.375. The molecule has 1 aliphatic heterocycles. The van der Waals surface area contributed by atoms with E-state index in [0.29, 0.717) is 41.4 Å². The van der Waals surface area contributed by atoms with Crippen LogP contribution in [0.3, 0.4) is 0 Å². The van der Waals surface area contributed by atoms with Crippen LogP contribution in [-0.2, 0) is 9.59 Å². The maximum atomic E-state index is 13.0. The van der Waals surface area contributed by atoms with Gasteiger partial charge in [0.1, 0.15) is 17.8 Å². The molecule has 1 spiro atoms. The largest absolute Gasteiger partial charge is 0.494 e. The summed E-state index contributed by atoms with van der Waals surface area (Å²) in [6.07, 6.45) is 5.90. The molecule has 5 amide bonds. The molecular formula is C24H27N5O5. The van der Waals surface area contributed by atoms with Crippen molar-refractivity contribution in [3.8, 4) is 5.75 Å². The number of carbonyl (C=O) groups is 4. The van der Waals surface area contributed by atoms with E-state index >= 15 is 0 Å². The molecule has 0 radical (unpaired) electrons. The molecule has 1 aromatic heterocycles. The standard InChI is InChI=1S/C24H27N5O5/c1-15-7-9-24(10-8-15)22(32)29(23(33)28-24)14-20(30)26-17-5-6-18(19(12-17)34-2)27-21(31)16-4-3-11-25-13-16/h3-6,11-13,15H,7-10,14H2,1-2H3,(H,26,30)(H,27,31)(H,28,33). The van der Waals surface area contributed by atoms with Crippen molar-refractivity contribution in [2.45, 2.75) is 38.1 Å². The smallest absolute Gasteiger partial charge is 0.325 e. The number of hydrogen-bond acceptors (Lipinski definition) is 6. The zero-order chi connectivity index (χ0) is 24.3. The average molecular weight is 466 g/mol. The summed E-state index contributed by atoms with van der Waals surface area (Å²) in [5.41, 5.74) is 0.313. The lowest BCUT2D eigenvalue weighted by atomic mass is 9.77. The summed E-state index contributed by atoms with van der Waals surface area (Å²) in [5.74, 6) is -0.364. The van der Waals surface area contributed by atoms with Gasteiger partial charge >= 0.3 is 6.03 Å². The molecule has 3 N–H and O–H groups in total. The van der Waals surface area contributed by atoms with Gasteiger partial charge in [-0.3, -0.25) is 24.3 Å². The SMILES string of the molecule is COc1cc(NC(=O)CN2C(=O)NC3(CCC(C)CC3)C2=O)ccc1NC(=O)c1cccnc1. The summed E-state index contributed by atoms with van der Waals surface area (Å²) in [6, 6.07) is 7.49. The van der Waals surface area contributed by atoms with Crippen molar-refractivity contribution >= 4 is 35.1 Å². The minimum atomic E-state index is -0.888. The molecule has 10 heteroatoms. The van der Waals surface area contributed by atoms with E-state index in [-0.39, 0.29) is 18.4 Å². The van der Waals surface area contributed by atoms with E-state index in [9.17, 15) is 19.2 Å². The van der Waals surface area contributed by atoms with Gasteiger partial charge in [-0.2, -0.15) is 0 Å². The van der Waals surface area contributed by atoms with Gasteiger partial charge in [-0.1, -0.05) is 6.92 Å². The molecule has 0 unspecified atom stereocenters. The van der Waals surface area contributed by atoms with E-state index in [2.05, 4.69) is 27.9 Å². The molecule has 1 aliphatic carbocycles. The normalized spacial score (nSPS) is 21.8. The first-order chi connectivity index (χ1) is 16.3. The van der Waals surface area contributed by atoms with Gasteiger partial charge in [0.2, 0.25) is 5.91 Å². The summed E-state index contributed by atoms with van der Waals surface area (Å²) in [4.78, 5) is 55.3. The molecule has 2 heterocycles. The Bertz CT molecular complexity index is 1110. The van der Waals surface area contributed by atoms with Gasteiger partial charge in [-0.25, -0.2) is 4.79 Å². The summed E-state index contributed by atoms with van der Waals surface area (Å²) < 4.78 is 5.35. The van der Waals surface area contributed by atoms with E-state index < -0.39 is 17.5 Å². The second kappa shape index (κ2) is 9.50. The Morgan fingerprint density at radius 3 is 2.65 bits per heavy atom. The number of nitrogens with zero attached hydrogens (tertiary/aromatic N) is 2. The van der Waals surface area contributed by atoms with Crippen LogP contribution < -0.4 is 20.7 Å². The molecule has 2 aliphatic rings. The second-order valence-electron chi connectivity index (χ2n) is 8.75. The Hall–Kier alpha value is -3.95. The van der Waals surface area contributed by atoms with E-state index in [1.807, 2.05) is 0 Å². The van der Waals surface area contributed by atoms with Gasteiger partial charge in [0, 0.05) is 24.1 Å². The summed E-state index contributed by atoms with van der Waals surface area (Å²) in [5, 5.41) is 8.23. The number of rotatable bonds is 6. The Balaban J connectivity index is 1.40. The lowest BCUT2D eigenvalue weighted by Gasteiger charge is -2.33. The highest BCUT2D eigenvalue weighted by atomic mass is 16.5. The van der Waals surface area contributed by atoms with Gasteiger partial charge in [0.15, 0.2) is 0 Å². The number of amides is 5. The molecule has 0 bridgehead atoms. The van der Waals surface area contributed by atoms with Crippen molar-refractivity contribution in [1.82, 2.24) is 15.2 Å². The summed E-state index contributed by atoms with van der Waals surface area (Å²) in [7, 11) is 1.44. The third kappa shape index (κ3) is 4.70. The number of carbonyl (C=O) groups excluding carboxylic acids is 4. The molecule has 10 nitrogen and oxygen atoms in total. The molecule has 1 aromatic carbocycles. The number of ether oxygens (including phenoxy) is 1. The first-order valence-electron chi connectivity index (χ1n) is 11.1. The highest BCUT2D eigenvalue weighted by Crippen LogP contribution is 2.36. The van der Waals surface area contributed by atoms with Crippen molar-refractivity contribution in [3.05, 3.63) is 48.3 Å². The van der Waals surface area contributed by atoms with Crippen LogP contribution in [0, 0.1) is 5.92 Å². The maximum absolute atomic E-state index is 13.0. The molecule has 34 heavy (non-hydrogen) atoms. The van der Waals surface area contributed by atoms with Gasteiger partial charge in [-0.05, 0) is 55.9 Å². The average Bonchev–Trinajstić information content (AvgIpc) is 3.06. The van der Waals surface area contributed by atoms with Crippen LogP contribution in [0.1, 0.15) is 43.0 Å². The van der Waals surface area contributed by atoms with Crippen molar-refractivity contribution in [1.29, 1.82) is 0 Å². The zero-order valence-corrected chi connectivity index (χ0v) is 19.1. The molecule has 1 saturated heterocycles. The van der Waals surface area contributed by atoms with Gasteiger partial charge in [0.25, 0.3) is 11.8 Å². The van der Waals surface area contributed by atoms with E-state index in [0.717, 1.165) is 17.7 Å². The summed E-state index contributed by atoms with van der Waals surface area (Å²) in [6.45, 7) is 1.74. The summed E-state index contributed by atoms with van der Waals surface area (Å²) >= 11 is 0. The Morgan fingerprint density at radius 2 is 1.97 bits per heavy atom. The zero-order valence-electron chi connectivity index (χ0n) is 19.1. The third-order valence-electron chi connectivity index (χ3n) is 6.33. The van der Waals surface area contributed by atoms with Crippen LogP contribution in [0.15, 0.2) is 42.7 Å². The fourth-order valence-electron chi connectivity index (χ4n) is 4.32. The predicted octanol–water partition coefficient (Wildman–Crippen LogP) is 2.78. The Kier molecular flexibility index (Phi) is 6.49. The third-order valence-corrected chi connectivity index (χ3v) is 6.33. The van der Waals surface area contributed by atoms with E-state index in [1.165, 1.54) is 13.3 Å². The second-order valence-corrected chi connectivity index (χ2v) is 8.75. The first-order valence-corrected chi connectivity index (χ1v) is 11.1. The number of imide groups is 1. The fourth-order valence-corrected chi connectivity index (χ4v) is 4.32. The van der Waals surface area contributed by atoms with Crippen molar-refractivity contribution < 1.29 is 23.9 Å². The molecule has 178 valence electrons. The van der Waals surface area contributed by atoms with Crippen LogP contribution in [0.4, 0.5) is 16.2 Å². The van der Waals surface area contributed by atoms with E-state index in [4.69, 9.17) is 4.74 Å². The van der Waals surface area contributed by atoms with Crippen LogP contribution in [0.2, 0.25) is 0 Å². The molecule has 0 atom stereocenters. The number of pyridine rings is 1. The number of methoxy groups -OCH3 is 1. The van der Waals surface area contributed by atoms with Gasteiger partial charge in [-0.15, -0.1) is 0 Å². The minimum absolute atomic E-state index is 0.334. The van der Waals surface area contributed by atoms with Crippen molar-refractivity contribution in [3.63, 3.8) is 0 Å². The quantitative estimate of drug-likeness (QED) is 0.563. The molecule has 1 saturated carbocycles. The number of anilines is 2. The predicted molar refractivity (Wildman–Crippen MR) is 124 cm³/mol. The number of aromatic nitrogens is 1. The molecular weight excluding hydrogens is 438 g/mol. The van der Waals surface area contributed by atoms with E-state index in [1.54, 1.807) is 36.5 Å². The Labute approximate surface area is 197 Å². The monoisotopic (exact) mass is 465 g/mol. The number of nitrogens with one attached hydrogen (secondary N) is 3. The number of benzene rings is 1. The lowest BCUT2D eigenvalue weighted by molar-refractivity contribution is -0.135. The number of urea groups is 1. The van der Waals surface area contributed by atoms with Gasteiger partial charge < -0.3 is 20.7 Å². The Morgan fingerprint density at radius 1 is 1.21 bits per heavy atom. The maximum Gasteiger partial charge on any atom is 0.325 e. The topological polar surface area (TPSA) is 130 Å². The molecule has 2 fully saturated rings. The first kappa shape index (κ1) is 23.2. The van der Waals surface area contributed by atoms with Crippen molar-refractivity contribution in [2.75, 3.05) is 24.3 Å². The molecule has 2 aromatic rings. The molecule has 4 rings (SSSR count). The van der Waals surface area contributed by atoms with Crippen LogP contribution in [0.25, 0.3) is 0 Å². The minimum Gasteiger partial charge on any atom is -0.494 e. The highest BCUT2D eigenvalue weighted by Gasteiger charge is 2.52. The van der Waals surface area contributed by atoms with Gasteiger partial charge in [0.05, 0.1) is 18.4 Å². The van der Waals surface area contributed by atoms with Crippen LogP contribution in [0.5, 0.6) is 5.75 Å².